The highest BCUT2D eigenvalue weighted by Crippen LogP contribution is 2.21. The van der Waals surface area contributed by atoms with E-state index in [1.807, 2.05) is 11.8 Å². The fraction of sp³-hybridized carbons (Fsp3) is 0.889. The van der Waals surface area contributed by atoms with Crippen molar-refractivity contribution in [1.82, 2.24) is 15.5 Å². The number of hydrogen-bond donors (Lipinski definition) is 3. The molecule has 1 heterocycles. The maximum Gasteiger partial charge on any atom is 0.220 e. The average Bonchev–Trinajstić information content (AvgIpc) is 2.59. The molecule has 154 valence electrons. The van der Waals surface area contributed by atoms with Crippen molar-refractivity contribution in [1.29, 1.82) is 0 Å². The molecular weight excluding hydrogens is 461 g/mol. The van der Waals surface area contributed by atoms with Gasteiger partial charge in [-0.2, -0.15) is 11.8 Å². The van der Waals surface area contributed by atoms with Gasteiger partial charge in [0.1, 0.15) is 0 Å². The fourth-order valence-electron chi connectivity index (χ4n) is 2.78. The molecule has 8 heteroatoms. The molecule has 0 radical (unpaired) electrons. The monoisotopic (exact) mass is 499 g/mol. The minimum absolute atomic E-state index is 0. The Hall–Kier alpha value is -0.220. The number of aliphatic imine (C=N–C) groups is 1. The molecule has 4 N–H and O–H groups in total. The Balaban J connectivity index is 0.00000625. The molecule has 1 aliphatic rings. The number of thioether (sulfide) groups is 1. The van der Waals surface area contributed by atoms with Crippen LogP contribution >= 0.6 is 35.7 Å². The van der Waals surface area contributed by atoms with Crippen molar-refractivity contribution in [2.24, 2.45) is 16.6 Å². The predicted molar refractivity (Wildman–Crippen MR) is 125 cm³/mol. The van der Waals surface area contributed by atoms with Crippen LogP contribution < -0.4 is 16.4 Å². The van der Waals surface area contributed by atoms with Gasteiger partial charge in [0.15, 0.2) is 5.96 Å². The second-order valence-corrected chi connectivity index (χ2v) is 8.82. The van der Waals surface area contributed by atoms with Gasteiger partial charge in [-0.15, -0.1) is 24.0 Å². The molecule has 0 aromatic heterocycles. The van der Waals surface area contributed by atoms with Crippen LogP contribution in [-0.2, 0) is 4.79 Å². The van der Waals surface area contributed by atoms with Gasteiger partial charge in [0, 0.05) is 23.8 Å². The molecule has 6 nitrogen and oxygen atoms in total. The van der Waals surface area contributed by atoms with Crippen LogP contribution in [0.15, 0.2) is 4.99 Å². The molecule has 0 aliphatic carbocycles. The zero-order chi connectivity index (χ0) is 18.7. The van der Waals surface area contributed by atoms with Crippen LogP contribution in [0.1, 0.15) is 46.5 Å². The van der Waals surface area contributed by atoms with Crippen molar-refractivity contribution < 1.29 is 4.79 Å². The third-order valence-corrected chi connectivity index (χ3v) is 5.93. The highest BCUT2D eigenvalue weighted by molar-refractivity contribution is 14.0. The summed E-state index contributed by atoms with van der Waals surface area (Å²) in [6, 6.07) is 0. The number of hydrogen-bond acceptors (Lipinski definition) is 4. The standard InChI is InChI=1S/C18H37N5OS.HI/c1-5-20-17(22-14-18(2,3)25-4)21-10-6-7-11-23-12-8-15(9-13-23)16(19)24;/h15H,5-14H2,1-4H3,(H2,19,24)(H2,20,21,22);1H. The van der Waals surface area contributed by atoms with Crippen LogP contribution in [0.25, 0.3) is 0 Å². The number of nitrogens with two attached hydrogens (primary N) is 1. The molecule has 1 amide bonds. The van der Waals surface area contributed by atoms with Gasteiger partial charge in [0.25, 0.3) is 0 Å². The van der Waals surface area contributed by atoms with Gasteiger partial charge >= 0.3 is 0 Å². The van der Waals surface area contributed by atoms with E-state index in [1.54, 1.807) is 0 Å². The van der Waals surface area contributed by atoms with Gasteiger partial charge in [0.2, 0.25) is 5.91 Å². The molecule has 0 atom stereocenters. The van der Waals surface area contributed by atoms with Crippen molar-refractivity contribution >= 4 is 47.6 Å². The van der Waals surface area contributed by atoms with E-state index in [4.69, 9.17) is 5.73 Å². The van der Waals surface area contributed by atoms with Gasteiger partial charge in [0.05, 0.1) is 6.54 Å². The lowest BCUT2D eigenvalue weighted by atomic mass is 9.96. The van der Waals surface area contributed by atoms with Crippen LogP contribution in [-0.4, -0.2) is 67.0 Å². The summed E-state index contributed by atoms with van der Waals surface area (Å²) < 4.78 is 0.166. The molecule has 26 heavy (non-hydrogen) atoms. The lowest BCUT2D eigenvalue weighted by Crippen LogP contribution is -2.40. The van der Waals surface area contributed by atoms with Crippen molar-refractivity contribution in [3.8, 4) is 0 Å². The number of unbranched alkanes of at least 4 members (excludes halogenated alkanes) is 1. The summed E-state index contributed by atoms with van der Waals surface area (Å²) in [6.07, 6.45) is 6.23. The SMILES string of the molecule is CCNC(=NCC(C)(C)SC)NCCCCN1CCC(C(N)=O)CC1.I. The second kappa shape index (κ2) is 13.9. The summed E-state index contributed by atoms with van der Waals surface area (Å²) in [7, 11) is 0. The van der Waals surface area contributed by atoms with E-state index in [-0.39, 0.29) is 40.5 Å². The molecule has 0 aromatic carbocycles. The summed E-state index contributed by atoms with van der Waals surface area (Å²) in [6.45, 7) is 12.2. The van der Waals surface area contributed by atoms with E-state index >= 15 is 0 Å². The lowest BCUT2D eigenvalue weighted by molar-refractivity contribution is -0.123. The zero-order valence-corrected chi connectivity index (χ0v) is 20.0. The van der Waals surface area contributed by atoms with Gasteiger partial charge in [-0.1, -0.05) is 0 Å². The van der Waals surface area contributed by atoms with Crippen molar-refractivity contribution in [3.05, 3.63) is 0 Å². The minimum Gasteiger partial charge on any atom is -0.369 e. The molecule has 0 spiro atoms. The first-order chi connectivity index (χ1) is 11.9. The molecular formula is C18H38IN5OS. The summed E-state index contributed by atoms with van der Waals surface area (Å²) in [4.78, 5) is 18.3. The number of carbonyl (C=O) groups is 1. The van der Waals surface area contributed by atoms with E-state index in [0.29, 0.717) is 0 Å². The molecule has 1 saturated heterocycles. The fourth-order valence-corrected chi connectivity index (χ4v) is 2.98. The molecule has 0 aromatic rings. The number of halogens is 1. The Labute approximate surface area is 180 Å². The van der Waals surface area contributed by atoms with Crippen LogP contribution in [0.5, 0.6) is 0 Å². The summed E-state index contributed by atoms with van der Waals surface area (Å²) in [5, 5.41) is 6.74. The number of amides is 1. The van der Waals surface area contributed by atoms with E-state index in [1.165, 1.54) is 0 Å². The van der Waals surface area contributed by atoms with Crippen molar-refractivity contribution in [3.63, 3.8) is 0 Å². The third-order valence-electron chi connectivity index (χ3n) is 4.70. The second-order valence-electron chi connectivity index (χ2n) is 7.31. The van der Waals surface area contributed by atoms with Gasteiger partial charge < -0.3 is 21.3 Å². The first-order valence-electron chi connectivity index (χ1n) is 9.47. The molecule has 1 aliphatic heterocycles. The van der Waals surface area contributed by atoms with Crippen LogP contribution in [0.2, 0.25) is 0 Å². The summed E-state index contributed by atoms with van der Waals surface area (Å²) >= 11 is 1.84. The van der Waals surface area contributed by atoms with Crippen LogP contribution in [0, 0.1) is 5.92 Å². The van der Waals surface area contributed by atoms with Crippen molar-refractivity contribution in [2.45, 2.75) is 51.2 Å². The average molecular weight is 500 g/mol. The lowest BCUT2D eigenvalue weighted by Gasteiger charge is -2.30. The Kier molecular flexibility index (Phi) is 13.8. The smallest absolute Gasteiger partial charge is 0.220 e. The first-order valence-corrected chi connectivity index (χ1v) is 10.7. The Morgan fingerprint density at radius 3 is 2.46 bits per heavy atom. The third kappa shape index (κ3) is 10.8. The van der Waals surface area contributed by atoms with Crippen LogP contribution in [0.4, 0.5) is 0 Å². The molecule has 1 rings (SSSR count). The summed E-state index contributed by atoms with van der Waals surface area (Å²) in [5.41, 5.74) is 5.38. The topological polar surface area (TPSA) is 82.8 Å². The molecule has 1 fully saturated rings. The van der Waals surface area contributed by atoms with E-state index in [9.17, 15) is 4.79 Å². The highest BCUT2D eigenvalue weighted by atomic mass is 127. The first kappa shape index (κ1) is 25.8. The predicted octanol–water partition coefficient (Wildman–Crippen LogP) is 2.28. The summed E-state index contributed by atoms with van der Waals surface area (Å²) in [5.74, 6) is 0.859. The molecule has 0 saturated carbocycles. The maximum atomic E-state index is 11.2. The largest absolute Gasteiger partial charge is 0.369 e. The molecule has 0 bridgehead atoms. The highest BCUT2D eigenvalue weighted by Gasteiger charge is 2.22. The number of carbonyl (C=O) groups excluding carboxylic acids is 1. The number of nitrogens with zero attached hydrogens (tertiary/aromatic N) is 2. The van der Waals surface area contributed by atoms with E-state index < -0.39 is 0 Å². The number of piperidine rings is 1. The van der Waals surface area contributed by atoms with Crippen molar-refractivity contribution in [2.75, 3.05) is 45.5 Å². The van der Waals surface area contributed by atoms with E-state index in [2.05, 4.69) is 47.6 Å². The number of guanidine groups is 1. The minimum atomic E-state index is -0.135. The Morgan fingerprint density at radius 2 is 1.92 bits per heavy atom. The van der Waals surface area contributed by atoms with Crippen LogP contribution in [0.3, 0.4) is 0 Å². The number of primary amides is 1. The quantitative estimate of drug-likeness (QED) is 0.186. The number of rotatable bonds is 10. The normalized spacial score (nSPS) is 16.8. The Bertz CT molecular complexity index is 426. The maximum absolute atomic E-state index is 11.2. The Morgan fingerprint density at radius 1 is 1.27 bits per heavy atom. The van der Waals surface area contributed by atoms with E-state index in [0.717, 1.165) is 70.9 Å². The van der Waals surface area contributed by atoms with Gasteiger partial charge in [-0.25, -0.2) is 0 Å². The van der Waals surface area contributed by atoms with Gasteiger partial charge in [-0.3, -0.25) is 9.79 Å². The number of nitrogens with one attached hydrogen (secondary N) is 2. The number of likely N-dealkylation sites (tertiary alicyclic amines) is 1. The van der Waals surface area contributed by atoms with Gasteiger partial charge in [-0.05, 0) is 72.3 Å². The zero-order valence-electron chi connectivity index (χ0n) is 16.8. The molecule has 0 unspecified atom stereocenters.